The largest absolute Gasteiger partial charge is 0.489 e. The number of hydrogen-bond acceptors (Lipinski definition) is 4. The van der Waals surface area contributed by atoms with E-state index in [2.05, 4.69) is 0 Å². The smallest absolute Gasteiger partial charge is 0.254 e. The minimum atomic E-state index is -3.75. The van der Waals surface area contributed by atoms with Gasteiger partial charge in [0.15, 0.2) is 0 Å². The zero-order valence-electron chi connectivity index (χ0n) is 18.1. The molecule has 0 aliphatic carbocycles. The summed E-state index contributed by atoms with van der Waals surface area (Å²) < 4.78 is 46.2. The van der Waals surface area contributed by atoms with Crippen molar-refractivity contribution in [1.29, 1.82) is 0 Å². The Bertz CT molecular complexity index is 1200. The number of hydrogen-bond donors (Lipinski definition) is 0. The zero-order chi connectivity index (χ0) is 23.3. The minimum absolute atomic E-state index is 0.0481. The van der Waals surface area contributed by atoms with Crippen LogP contribution in [0.2, 0.25) is 0 Å². The van der Waals surface area contributed by atoms with Crippen LogP contribution in [0.15, 0.2) is 83.8 Å². The van der Waals surface area contributed by atoms with Gasteiger partial charge in [-0.05, 0) is 54.4 Å². The third-order valence-electron chi connectivity index (χ3n) is 5.52. The number of ether oxygens (including phenoxy) is 1. The van der Waals surface area contributed by atoms with Crippen molar-refractivity contribution in [3.05, 3.63) is 95.8 Å². The Morgan fingerprint density at radius 1 is 0.879 bits per heavy atom. The van der Waals surface area contributed by atoms with Crippen LogP contribution in [0.4, 0.5) is 4.39 Å². The number of nitrogens with zero attached hydrogens (tertiary/aromatic N) is 2. The van der Waals surface area contributed by atoms with Gasteiger partial charge in [-0.1, -0.05) is 36.4 Å². The molecule has 0 N–H and O–H groups in total. The Kier molecular flexibility index (Phi) is 7.05. The highest BCUT2D eigenvalue weighted by atomic mass is 32.2. The molecule has 0 radical (unpaired) electrons. The third-order valence-corrected chi connectivity index (χ3v) is 7.44. The highest BCUT2D eigenvalue weighted by Crippen LogP contribution is 2.21. The van der Waals surface area contributed by atoms with Crippen molar-refractivity contribution in [3.8, 4) is 5.75 Å². The fraction of sp³-hybridized carbons (Fsp3) is 0.240. The first-order chi connectivity index (χ1) is 15.9. The lowest BCUT2D eigenvalue weighted by molar-refractivity contribution is 0.0763. The maximum Gasteiger partial charge on any atom is 0.254 e. The Hall–Kier alpha value is -3.23. The molecule has 1 aliphatic rings. The lowest BCUT2D eigenvalue weighted by Gasteiger charge is -2.22. The SMILES string of the molecule is O=C(c1cccc(OCc2ccccc2)c1)N1CCCN(S(=O)(=O)c2ccc(F)cc2)CC1. The molecule has 1 amide bonds. The second-order valence-electron chi connectivity index (χ2n) is 7.81. The maximum atomic E-state index is 13.2. The molecule has 0 spiro atoms. The lowest BCUT2D eigenvalue weighted by Crippen LogP contribution is -2.37. The summed E-state index contributed by atoms with van der Waals surface area (Å²) in [6, 6.07) is 21.6. The van der Waals surface area contributed by atoms with Gasteiger partial charge in [-0.2, -0.15) is 4.31 Å². The van der Waals surface area contributed by atoms with E-state index >= 15 is 0 Å². The van der Waals surface area contributed by atoms with E-state index in [1.54, 1.807) is 29.2 Å². The first-order valence-electron chi connectivity index (χ1n) is 10.8. The van der Waals surface area contributed by atoms with Gasteiger partial charge < -0.3 is 9.64 Å². The zero-order valence-corrected chi connectivity index (χ0v) is 18.9. The van der Waals surface area contributed by atoms with Crippen molar-refractivity contribution < 1.29 is 22.3 Å². The molecule has 3 aromatic carbocycles. The molecule has 4 rings (SSSR count). The summed E-state index contributed by atoms with van der Waals surface area (Å²) >= 11 is 0. The average molecular weight is 469 g/mol. The van der Waals surface area contributed by atoms with Gasteiger partial charge in [-0.25, -0.2) is 12.8 Å². The van der Waals surface area contributed by atoms with Crippen molar-refractivity contribution in [2.24, 2.45) is 0 Å². The summed E-state index contributed by atoms with van der Waals surface area (Å²) in [6.45, 7) is 1.59. The van der Waals surface area contributed by atoms with Crippen LogP contribution in [0.1, 0.15) is 22.3 Å². The van der Waals surface area contributed by atoms with E-state index in [1.165, 1.54) is 16.4 Å². The summed E-state index contributed by atoms with van der Waals surface area (Å²) in [4.78, 5) is 14.8. The Morgan fingerprint density at radius 2 is 1.64 bits per heavy atom. The van der Waals surface area contributed by atoms with E-state index in [4.69, 9.17) is 4.74 Å². The van der Waals surface area contributed by atoms with E-state index in [0.717, 1.165) is 17.7 Å². The number of sulfonamides is 1. The lowest BCUT2D eigenvalue weighted by atomic mass is 10.2. The normalized spacial score (nSPS) is 15.1. The van der Waals surface area contributed by atoms with Gasteiger partial charge in [0.05, 0.1) is 4.90 Å². The van der Waals surface area contributed by atoms with E-state index in [1.807, 2.05) is 30.3 Å². The van der Waals surface area contributed by atoms with Crippen LogP contribution in [-0.4, -0.2) is 49.7 Å². The second-order valence-corrected chi connectivity index (χ2v) is 9.74. The molecular weight excluding hydrogens is 443 g/mol. The predicted octanol–water partition coefficient (Wildman–Crippen LogP) is 3.94. The van der Waals surface area contributed by atoms with Gasteiger partial charge in [0, 0.05) is 31.7 Å². The van der Waals surface area contributed by atoms with Crippen LogP contribution >= 0.6 is 0 Å². The fourth-order valence-corrected chi connectivity index (χ4v) is 5.20. The third kappa shape index (κ3) is 5.58. The van der Waals surface area contributed by atoms with Crippen molar-refractivity contribution in [2.75, 3.05) is 26.2 Å². The van der Waals surface area contributed by atoms with Crippen LogP contribution in [0, 0.1) is 5.82 Å². The summed E-state index contributed by atoms with van der Waals surface area (Å²) in [7, 11) is -3.75. The number of halogens is 1. The Balaban J connectivity index is 1.41. The molecule has 1 fully saturated rings. The van der Waals surface area contributed by atoms with Crippen molar-refractivity contribution in [2.45, 2.75) is 17.9 Å². The quantitative estimate of drug-likeness (QED) is 0.550. The van der Waals surface area contributed by atoms with Gasteiger partial charge in [0.25, 0.3) is 5.91 Å². The van der Waals surface area contributed by atoms with Crippen LogP contribution < -0.4 is 4.74 Å². The average Bonchev–Trinajstić information content (AvgIpc) is 3.10. The van der Waals surface area contributed by atoms with Crippen molar-refractivity contribution >= 4 is 15.9 Å². The van der Waals surface area contributed by atoms with Crippen molar-refractivity contribution in [1.82, 2.24) is 9.21 Å². The number of benzene rings is 3. The Morgan fingerprint density at radius 3 is 2.39 bits per heavy atom. The molecule has 0 unspecified atom stereocenters. The van der Waals surface area contributed by atoms with Crippen LogP contribution in [0.5, 0.6) is 5.75 Å². The number of carbonyl (C=O) groups is 1. The van der Waals surface area contributed by atoms with Gasteiger partial charge in [-0.15, -0.1) is 0 Å². The highest BCUT2D eigenvalue weighted by Gasteiger charge is 2.28. The highest BCUT2D eigenvalue weighted by molar-refractivity contribution is 7.89. The molecule has 33 heavy (non-hydrogen) atoms. The molecule has 8 heteroatoms. The second kappa shape index (κ2) is 10.1. The first-order valence-corrected chi connectivity index (χ1v) is 12.2. The van der Waals surface area contributed by atoms with E-state index in [9.17, 15) is 17.6 Å². The van der Waals surface area contributed by atoms with Gasteiger partial charge in [-0.3, -0.25) is 4.79 Å². The van der Waals surface area contributed by atoms with E-state index in [-0.39, 0.29) is 23.9 Å². The first kappa shape index (κ1) is 22.9. The summed E-state index contributed by atoms with van der Waals surface area (Å²) in [5, 5.41) is 0. The monoisotopic (exact) mass is 468 g/mol. The molecule has 0 aromatic heterocycles. The van der Waals surface area contributed by atoms with Crippen LogP contribution in [0.3, 0.4) is 0 Å². The topological polar surface area (TPSA) is 66.9 Å². The van der Waals surface area contributed by atoms with Crippen molar-refractivity contribution in [3.63, 3.8) is 0 Å². The number of rotatable bonds is 6. The van der Waals surface area contributed by atoms with Gasteiger partial charge >= 0.3 is 0 Å². The molecule has 1 saturated heterocycles. The summed E-state index contributed by atoms with van der Waals surface area (Å²) in [5.41, 5.74) is 1.53. The number of carbonyl (C=O) groups excluding carboxylic acids is 1. The van der Waals surface area contributed by atoms with Gasteiger partial charge in [0.2, 0.25) is 10.0 Å². The van der Waals surface area contributed by atoms with Crippen LogP contribution in [-0.2, 0) is 16.6 Å². The molecule has 1 heterocycles. The maximum absolute atomic E-state index is 13.2. The predicted molar refractivity (Wildman–Crippen MR) is 123 cm³/mol. The molecular formula is C25H25FN2O4S. The molecule has 172 valence electrons. The number of amides is 1. The molecule has 0 atom stereocenters. The minimum Gasteiger partial charge on any atom is -0.489 e. The molecule has 6 nitrogen and oxygen atoms in total. The van der Waals surface area contributed by atoms with Gasteiger partial charge in [0.1, 0.15) is 18.2 Å². The molecule has 1 aliphatic heterocycles. The standard InChI is InChI=1S/C25H25FN2O4S/c26-22-10-12-24(13-11-22)33(30,31)28-15-5-14-27(16-17-28)25(29)21-8-4-9-23(18-21)32-19-20-6-2-1-3-7-20/h1-4,6-13,18H,5,14-17,19H2. The van der Waals surface area contributed by atoms with E-state index < -0.39 is 15.8 Å². The summed E-state index contributed by atoms with van der Waals surface area (Å²) in [6.07, 6.45) is 0.510. The summed E-state index contributed by atoms with van der Waals surface area (Å²) in [5.74, 6) is -0.0576. The fourth-order valence-electron chi connectivity index (χ4n) is 3.74. The van der Waals surface area contributed by atoms with E-state index in [0.29, 0.717) is 37.4 Å². The molecule has 0 bridgehead atoms. The Labute approximate surface area is 193 Å². The molecule has 3 aromatic rings. The molecule has 0 saturated carbocycles. The van der Waals surface area contributed by atoms with Crippen LogP contribution in [0.25, 0.3) is 0 Å².